The second-order valence-electron chi connectivity index (χ2n) is 6.66. The van der Waals surface area contributed by atoms with Gasteiger partial charge in [-0.2, -0.15) is 0 Å². The highest BCUT2D eigenvalue weighted by atomic mass is 16.5. The van der Waals surface area contributed by atoms with E-state index in [1.54, 1.807) is 7.11 Å². The minimum Gasteiger partial charge on any atom is -0.481 e. The number of carbonyl (C=O) groups is 2. The molecule has 6 atom stereocenters. The number of ether oxygens (including phenoxy) is 1. The number of rotatable bonds is 3. The number of allylic oxidation sites excluding steroid dienone is 2. The molecule has 1 saturated heterocycles. The second kappa shape index (κ2) is 5.44. The number of hydrogen-bond acceptors (Lipinski definition) is 3. The highest BCUT2D eigenvalue weighted by Crippen LogP contribution is 2.49. The first-order valence-corrected chi connectivity index (χ1v) is 7.75. The summed E-state index contributed by atoms with van der Waals surface area (Å²) in [5, 5.41) is 9.46. The molecule has 2 aliphatic carbocycles. The molecule has 1 saturated carbocycles. The van der Waals surface area contributed by atoms with Crippen molar-refractivity contribution in [3.8, 4) is 0 Å². The molecule has 0 aromatic heterocycles. The van der Waals surface area contributed by atoms with Gasteiger partial charge in [-0.15, -0.1) is 0 Å². The topological polar surface area (TPSA) is 66.8 Å². The van der Waals surface area contributed by atoms with Crippen LogP contribution in [0.1, 0.15) is 19.8 Å². The minimum atomic E-state index is -0.834. The van der Waals surface area contributed by atoms with Crippen LogP contribution in [0.25, 0.3) is 0 Å². The number of hydrogen-bond donors (Lipinski definition) is 1. The average molecular weight is 293 g/mol. The van der Waals surface area contributed by atoms with Crippen molar-refractivity contribution in [3.63, 3.8) is 0 Å². The van der Waals surface area contributed by atoms with Gasteiger partial charge in [-0.1, -0.05) is 19.1 Å². The maximum atomic E-state index is 12.8. The standard InChI is InChI=1S/C16H23NO4/c1-9-5-6-17(8-12(9)21-2)15(18)13-10-3-4-11(7-10)14(13)16(19)20/h3-4,9-14H,5-8H2,1-2H3,(H,19,20). The Labute approximate surface area is 124 Å². The van der Waals surface area contributed by atoms with Gasteiger partial charge in [0, 0.05) is 20.2 Å². The third-order valence-corrected chi connectivity index (χ3v) is 5.53. The van der Waals surface area contributed by atoms with Crippen molar-refractivity contribution in [3.05, 3.63) is 12.2 Å². The lowest BCUT2D eigenvalue weighted by Crippen LogP contribution is -2.50. The van der Waals surface area contributed by atoms with Crippen molar-refractivity contribution in [2.75, 3.05) is 20.2 Å². The van der Waals surface area contributed by atoms with Gasteiger partial charge in [0.25, 0.3) is 0 Å². The number of carbonyl (C=O) groups excluding carboxylic acids is 1. The van der Waals surface area contributed by atoms with Crippen LogP contribution in [0.4, 0.5) is 0 Å². The summed E-state index contributed by atoms with van der Waals surface area (Å²) >= 11 is 0. The Morgan fingerprint density at radius 3 is 2.52 bits per heavy atom. The summed E-state index contributed by atoms with van der Waals surface area (Å²) in [6.07, 6.45) is 5.79. The molecule has 21 heavy (non-hydrogen) atoms. The molecule has 1 amide bonds. The van der Waals surface area contributed by atoms with E-state index in [-0.39, 0.29) is 29.8 Å². The molecule has 0 aromatic carbocycles. The normalized spacial score (nSPS) is 41.5. The van der Waals surface area contributed by atoms with Crippen LogP contribution in [0.2, 0.25) is 0 Å². The van der Waals surface area contributed by atoms with Crippen molar-refractivity contribution < 1.29 is 19.4 Å². The molecule has 0 radical (unpaired) electrons. The summed E-state index contributed by atoms with van der Waals surface area (Å²) in [5.74, 6) is -1.19. The van der Waals surface area contributed by atoms with E-state index < -0.39 is 11.9 Å². The summed E-state index contributed by atoms with van der Waals surface area (Å²) in [6, 6.07) is 0. The highest BCUT2D eigenvalue weighted by molar-refractivity contribution is 5.87. The molecule has 1 N–H and O–H groups in total. The minimum absolute atomic E-state index is 0.00759. The summed E-state index contributed by atoms with van der Waals surface area (Å²) in [5.41, 5.74) is 0. The van der Waals surface area contributed by atoms with Crippen LogP contribution < -0.4 is 0 Å². The summed E-state index contributed by atoms with van der Waals surface area (Å²) in [4.78, 5) is 26.2. The molecule has 3 aliphatic rings. The summed E-state index contributed by atoms with van der Waals surface area (Å²) < 4.78 is 5.46. The van der Waals surface area contributed by atoms with E-state index in [0.29, 0.717) is 19.0 Å². The Bertz CT molecular complexity index is 475. The smallest absolute Gasteiger partial charge is 0.307 e. The van der Waals surface area contributed by atoms with Crippen molar-refractivity contribution in [1.82, 2.24) is 4.90 Å². The molecule has 5 nitrogen and oxygen atoms in total. The third-order valence-electron chi connectivity index (χ3n) is 5.53. The SMILES string of the molecule is COC1CN(C(=O)C2C3C=CC(C3)C2C(=O)O)CCC1C. The van der Waals surface area contributed by atoms with E-state index in [4.69, 9.17) is 4.74 Å². The van der Waals surface area contributed by atoms with Gasteiger partial charge in [-0.3, -0.25) is 9.59 Å². The van der Waals surface area contributed by atoms with E-state index in [0.717, 1.165) is 12.8 Å². The lowest BCUT2D eigenvalue weighted by atomic mass is 9.81. The monoisotopic (exact) mass is 293 g/mol. The molecule has 1 aliphatic heterocycles. The molecule has 3 rings (SSSR count). The first-order valence-electron chi connectivity index (χ1n) is 7.75. The number of methoxy groups -OCH3 is 1. The van der Waals surface area contributed by atoms with Crippen LogP contribution in [0.5, 0.6) is 0 Å². The van der Waals surface area contributed by atoms with Gasteiger partial charge in [-0.05, 0) is 30.6 Å². The number of piperidine rings is 1. The molecule has 0 spiro atoms. The van der Waals surface area contributed by atoms with Gasteiger partial charge in [0.15, 0.2) is 0 Å². The zero-order chi connectivity index (χ0) is 15.1. The van der Waals surface area contributed by atoms with Crippen LogP contribution >= 0.6 is 0 Å². The van der Waals surface area contributed by atoms with Crippen LogP contribution in [0, 0.1) is 29.6 Å². The average Bonchev–Trinajstić information content (AvgIpc) is 3.07. The van der Waals surface area contributed by atoms with Crippen LogP contribution in [0.3, 0.4) is 0 Å². The van der Waals surface area contributed by atoms with E-state index in [9.17, 15) is 14.7 Å². The van der Waals surface area contributed by atoms with E-state index in [2.05, 4.69) is 6.92 Å². The number of nitrogens with zero attached hydrogens (tertiary/aromatic N) is 1. The zero-order valence-electron chi connectivity index (χ0n) is 12.6. The Morgan fingerprint density at radius 1 is 1.24 bits per heavy atom. The Morgan fingerprint density at radius 2 is 1.90 bits per heavy atom. The quantitative estimate of drug-likeness (QED) is 0.799. The highest BCUT2D eigenvalue weighted by Gasteiger charge is 2.53. The largest absolute Gasteiger partial charge is 0.481 e. The lowest BCUT2D eigenvalue weighted by Gasteiger charge is -2.39. The molecular formula is C16H23NO4. The lowest BCUT2D eigenvalue weighted by molar-refractivity contribution is -0.153. The van der Waals surface area contributed by atoms with Crippen molar-refractivity contribution in [2.45, 2.75) is 25.9 Å². The summed E-state index contributed by atoms with van der Waals surface area (Å²) in [6.45, 7) is 3.43. The number of aliphatic carboxylic acids is 1. The van der Waals surface area contributed by atoms with E-state index in [1.165, 1.54) is 0 Å². The first-order chi connectivity index (χ1) is 10.0. The molecule has 0 aromatic rings. The fourth-order valence-corrected chi connectivity index (χ4v) is 4.25. The van der Waals surface area contributed by atoms with Crippen LogP contribution in [-0.2, 0) is 14.3 Å². The maximum Gasteiger partial charge on any atom is 0.307 e. The fourth-order valence-electron chi connectivity index (χ4n) is 4.25. The van der Waals surface area contributed by atoms with Gasteiger partial charge < -0.3 is 14.7 Å². The zero-order valence-corrected chi connectivity index (χ0v) is 12.6. The van der Waals surface area contributed by atoms with Gasteiger partial charge in [0.1, 0.15) is 0 Å². The number of amides is 1. The Kier molecular flexibility index (Phi) is 3.78. The van der Waals surface area contributed by atoms with Gasteiger partial charge in [0.05, 0.1) is 17.9 Å². The number of likely N-dealkylation sites (tertiary alicyclic amines) is 1. The second-order valence-corrected chi connectivity index (χ2v) is 6.66. The number of fused-ring (bicyclic) bond motifs is 2. The van der Waals surface area contributed by atoms with Crippen LogP contribution in [-0.4, -0.2) is 48.2 Å². The predicted octanol–water partition coefficient (Wildman–Crippen LogP) is 1.39. The molecule has 1 heterocycles. The van der Waals surface area contributed by atoms with Crippen molar-refractivity contribution in [1.29, 1.82) is 0 Å². The molecule has 2 fully saturated rings. The van der Waals surface area contributed by atoms with Gasteiger partial charge in [0.2, 0.25) is 5.91 Å². The maximum absolute atomic E-state index is 12.8. The molecule has 2 bridgehead atoms. The first kappa shape index (κ1) is 14.6. The van der Waals surface area contributed by atoms with E-state index in [1.807, 2.05) is 17.1 Å². The van der Waals surface area contributed by atoms with Gasteiger partial charge in [-0.25, -0.2) is 0 Å². The molecule has 116 valence electrons. The Balaban J connectivity index is 1.76. The molecule has 5 heteroatoms. The van der Waals surface area contributed by atoms with Crippen molar-refractivity contribution >= 4 is 11.9 Å². The molecular weight excluding hydrogens is 270 g/mol. The van der Waals surface area contributed by atoms with Crippen LogP contribution in [0.15, 0.2) is 12.2 Å². The third kappa shape index (κ3) is 2.37. The fraction of sp³-hybridized carbons (Fsp3) is 0.750. The summed E-state index contributed by atoms with van der Waals surface area (Å²) in [7, 11) is 1.68. The number of carboxylic acid groups (broad SMARTS) is 1. The number of carboxylic acids is 1. The Hall–Kier alpha value is -1.36. The predicted molar refractivity (Wildman–Crippen MR) is 76.5 cm³/mol. The van der Waals surface area contributed by atoms with Crippen molar-refractivity contribution in [2.24, 2.45) is 29.6 Å². The van der Waals surface area contributed by atoms with Gasteiger partial charge >= 0.3 is 5.97 Å². The van der Waals surface area contributed by atoms with E-state index >= 15 is 0 Å². The molecule has 6 unspecified atom stereocenters.